The minimum atomic E-state index is 0.126. The summed E-state index contributed by atoms with van der Waals surface area (Å²) in [4.78, 5) is 29.3. The van der Waals surface area contributed by atoms with Crippen molar-refractivity contribution in [1.29, 1.82) is 0 Å². The maximum absolute atomic E-state index is 12.9. The molecule has 0 bridgehead atoms. The molecule has 1 saturated heterocycles. The third-order valence-electron chi connectivity index (χ3n) is 5.68. The molecule has 0 unspecified atom stereocenters. The molecule has 2 amide bonds. The summed E-state index contributed by atoms with van der Waals surface area (Å²) in [5.74, 6) is 0.310. The van der Waals surface area contributed by atoms with Gasteiger partial charge in [-0.15, -0.1) is 0 Å². The van der Waals surface area contributed by atoms with Crippen LogP contribution in [-0.2, 0) is 22.4 Å². The summed E-state index contributed by atoms with van der Waals surface area (Å²) < 4.78 is 0. The number of carbonyl (C=O) groups is 2. The van der Waals surface area contributed by atoms with Crippen LogP contribution in [0.5, 0.6) is 0 Å². The molecule has 0 saturated carbocycles. The minimum Gasteiger partial charge on any atom is -0.336 e. The summed E-state index contributed by atoms with van der Waals surface area (Å²) in [6.45, 7) is 1.53. The number of likely N-dealkylation sites (tertiary alicyclic amines) is 1. The SMILES string of the molecule is O=C(Cc1ccccc1)N1C=C([C@@H]2CCCN2C(=O)Cc2ccccc2)CC1. The number of benzene rings is 2. The van der Waals surface area contributed by atoms with E-state index in [4.69, 9.17) is 0 Å². The van der Waals surface area contributed by atoms with Gasteiger partial charge >= 0.3 is 0 Å². The number of hydrogen-bond donors (Lipinski definition) is 0. The Balaban J connectivity index is 1.41. The smallest absolute Gasteiger partial charge is 0.230 e. The Labute approximate surface area is 166 Å². The summed E-state index contributed by atoms with van der Waals surface area (Å²) in [7, 11) is 0. The molecule has 4 nitrogen and oxygen atoms in total. The van der Waals surface area contributed by atoms with Crippen LogP contribution in [0.4, 0.5) is 0 Å². The summed E-state index contributed by atoms with van der Waals surface area (Å²) >= 11 is 0. The van der Waals surface area contributed by atoms with Crippen molar-refractivity contribution in [3.63, 3.8) is 0 Å². The standard InChI is InChI=1S/C24H26N2O2/c27-23(16-19-8-3-1-4-9-19)25-15-13-21(18-25)22-12-7-14-26(22)24(28)17-20-10-5-2-6-11-20/h1-6,8-11,18,22H,7,12-17H2/t22-/m0/s1. The third kappa shape index (κ3) is 4.16. The highest BCUT2D eigenvalue weighted by atomic mass is 16.2. The summed E-state index contributed by atoms with van der Waals surface area (Å²) in [5, 5.41) is 0. The molecule has 2 aliphatic heterocycles. The second-order valence-electron chi connectivity index (χ2n) is 7.61. The van der Waals surface area contributed by atoms with Crippen molar-refractivity contribution in [3.8, 4) is 0 Å². The zero-order chi connectivity index (χ0) is 19.3. The highest BCUT2D eigenvalue weighted by molar-refractivity contribution is 5.81. The van der Waals surface area contributed by atoms with Crippen LogP contribution in [0, 0.1) is 0 Å². The fourth-order valence-corrected chi connectivity index (χ4v) is 4.22. The van der Waals surface area contributed by atoms with Crippen molar-refractivity contribution in [2.24, 2.45) is 0 Å². The van der Waals surface area contributed by atoms with Gasteiger partial charge in [0.1, 0.15) is 0 Å². The van der Waals surface area contributed by atoms with Crippen LogP contribution in [0.2, 0.25) is 0 Å². The molecule has 0 N–H and O–H groups in total. The lowest BCUT2D eigenvalue weighted by atomic mass is 10.0. The van der Waals surface area contributed by atoms with E-state index < -0.39 is 0 Å². The van der Waals surface area contributed by atoms with E-state index in [-0.39, 0.29) is 17.9 Å². The number of amides is 2. The van der Waals surface area contributed by atoms with Gasteiger partial charge < -0.3 is 9.80 Å². The first kappa shape index (κ1) is 18.5. The van der Waals surface area contributed by atoms with Crippen LogP contribution in [0.25, 0.3) is 0 Å². The first-order valence-electron chi connectivity index (χ1n) is 10.1. The Morgan fingerprint density at radius 2 is 1.43 bits per heavy atom. The second kappa shape index (κ2) is 8.42. The number of nitrogens with zero attached hydrogens (tertiary/aromatic N) is 2. The first-order valence-corrected chi connectivity index (χ1v) is 10.1. The van der Waals surface area contributed by atoms with Gasteiger partial charge in [0.2, 0.25) is 11.8 Å². The number of rotatable bonds is 5. The van der Waals surface area contributed by atoms with E-state index in [2.05, 4.69) is 0 Å². The molecule has 28 heavy (non-hydrogen) atoms. The highest BCUT2D eigenvalue weighted by Gasteiger charge is 2.33. The molecule has 144 valence electrons. The quantitative estimate of drug-likeness (QED) is 0.803. The summed E-state index contributed by atoms with van der Waals surface area (Å²) in [6, 6.07) is 19.9. The Bertz CT molecular complexity index is 861. The molecule has 2 aromatic rings. The number of hydrogen-bond acceptors (Lipinski definition) is 2. The first-order chi connectivity index (χ1) is 13.7. The highest BCUT2D eigenvalue weighted by Crippen LogP contribution is 2.30. The topological polar surface area (TPSA) is 40.6 Å². The molecule has 4 rings (SSSR count). The molecular formula is C24H26N2O2. The largest absolute Gasteiger partial charge is 0.336 e. The lowest BCUT2D eigenvalue weighted by molar-refractivity contribution is -0.130. The monoisotopic (exact) mass is 374 g/mol. The molecule has 4 heteroatoms. The second-order valence-corrected chi connectivity index (χ2v) is 7.61. The molecule has 2 aliphatic rings. The summed E-state index contributed by atoms with van der Waals surface area (Å²) in [5.41, 5.74) is 3.31. The van der Waals surface area contributed by atoms with Gasteiger partial charge in [0.15, 0.2) is 0 Å². The third-order valence-corrected chi connectivity index (χ3v) is 5.68. The van der Waals surface area contributed by atoms with Crippen LogP contribution in [0.1, 0.15) is 30.4 Å². The van der Waals surface area contributed by atoms with Crippen molar-refractivity contribution in [2.75, 3.05) is 13.1 Å². The molecule has 0 aliphatic carbocycles. The molecular weight excluding hydrogens is 348 g/mol. The zero-order valence-electron chi connectivity index (χ0n) is 16.1. The van der Waals surface area contributed by atoms with Gasteiger partial charge in [0.25, 0.3) is 0 Å². The van der Waals surface area contributed by atoms with Crippen LogP contribution in [0.15, 0.2) is 72.4 Å². The van der Waals surface area contributed by atoms with Crippen LogP contribution >= 0.6 is 0 Å². The van der Waals surface area contributed by atoms with E-state index in [0.717, 1.165) is 43.5 Å². The van der Waals surface area contributed by atoms with Crippen molar-refractivity contribution in [2.45, 2.75) is 38.1 Å². The molecule has 0 radical (unpaired) electrons. The van der Waals surface area contributed by atoms with Gasteiger partial charge in [-0.2, -0.15) is 0 Å². The van der Waals surface area contributed by atoms with Crippen molar-refractivity contribution >= 4 is 11.8 Å². The molecule has 0 spiro atoms. The van der Waals surface area contributed by atoms with Gasteiger partial charge in [-0.05, 0) is 36.0 Å². The Hall–Kier alpha value is -2.88. The van der Waals surface area contributed by atoms with E-state index in [1.165, 1.54) is 5.57 Å². The van der Waals surface area contributed by atoms with E-state index in [0.29, 0.717) is 12.8 Å². The van der Waals surface area contributed by atoms with Gasteiger partial charge in [-0.25, -0.2) is 0 Å². The molecule has 2 aromatic carbocycles. The normalized spacial score (nSPS) is 19.0. The van der Waals surface area contributed by atoms with Crippen LogP contribution in [-0.4, -0.2) is 40.7 Å². The number of carbonyl (C=O) groups excluding carboxylic acids is 2. The van der Waals surface area contributed by atoms with Crippen LogP contribution in [0.3, 0.4) is 0 Å². The van der Waals surface area contributed by atoms with E-state index in [1.54, 1.807) is 0 Å². The lowest BCUT2D eigenvalue weighted by Gasteiger charge is -2.25. The Kier molecular flexibility index (Phi) is 5.56. The van der Waals surface area contributed by atoms with E-state index >= 15 is 0 Å². The molecule has 2 heterocycles. The van der Waals surface area contributed by atoms with E-state index in [1.807, 2.05) is 76.7 Å². The van der Waals surface area contributed by atoms with Gasteiger partial charge in [-0.1, -0.05) is 60.7 Å². The maximum Gasteiger partial charge on any atom is 0.230 e. The molecule has 1 fully saturated rings. The van der Waals surface area contributed by atoms with Crippen molar-refractivity contribution < 1.29 is 9.59 Å². The fraction of sp³-hybridized carbons (Fsp3) is 0.333. The molecule has 1 atom stereocenters. The Morgan fingerprint density at radius 3 is 2.07 bits per heavy atom. The Morgan fingerprint density at radius 1 is 0.821 bits per heavy atom. The average Bonchev–Trinajstić information content (AvgIpc) is 3.39. The predicted molar refractivity (Wildman–Crippen MR) is 109 cm³/mol. The van der Waals surface area contributed by atoms with Crippen molar-refractivity contribution in [3.05, 3.63) is 83.6 Å². The minimum absolute atomic E-state index is 0.126. The van der Waals surface area contributed by atoms with Crippen molar-refractivity contribution in [1.82, 2.24) is 9.80 Å². The predicted octanol–water partition coefficient (Wildman–Crippen LogP) is 3.58. The van der Waals surface area contributed by atoms with Crippen LogP contribution < -0.4 is 0 Å². The average molecular weight is 374 g/mol. The van der Waals surface area contributed by atoms with Gasteiger partial charge in [0, 0.05) is 19.3 Å². The zero-order valence-corrected chi connectivity index (χ0v) is 16.1. The molecule has 0 aromatic heterocycles. The maximum atomic E-state index is 12.9. The summed E-state index contributed by atoms with van der Waals surface area (Å²) in [6.07, 6.45) is 5.76. The van der Waals surface area contributed by atoms with E-state index in [9.17, 15) is 9.59 Å². The van der Waals surface area contributed by atoms with Gasteiger partial charge in [0.05, 0.1) is 18.9 Å². The lowest BCUT2D eigenvalue weighted by Crippen LogP contribution is -2.37. The fourth-order valence-electron chi connectivity index (χ4n) is 4.22. The van der Waals surface area contributed by atoms with Gasteiger partial charge in [-0.3, -0.25) is 9.59 Å².